The normalized spacial score (nSPS) is 18.1. The SMILES string of the molecule is C=C(C)CN1CCC(NCc2ccc(C)o2)CC1. The van der Waals surface area contributed by atoms with Gasteiger partial charge in [-0.3, -0.25) is 4.90 Å². The first kappa shape index (κ1) is 13.4. The first-order valence-electron chi connectivity index (χ1n) is 6.79. The van der Waals surface area contributed by atoms with Crippen molar-refractivity contribution in [2.75, 3.05) is 19.6 Å². The van der Waals surface area contributed by atoms with Crippen molar-refractivity contribution in [1.82, 2.24) is 10.2 Å². The van der Waals surface area contributed by atoms with Gasteiger partial charge < -0.3 is 9.73 Å². The predicted octanol–water partition coefficient (Wildman–Crippen LogP) is 2.72. The fraction of sp³-hybridized carbons (Fsp3) is 0.600. The van der Waals surface area contributed by atoms with E-state index >= 15 is 0 Å². The Morgan fingerprint density at radius 2 is 2.17 bits per heavy atom. The maximum atomic E-state index is 5.56. The number of nitrogens with zero attached hydrogens (tertiary/aromatic N) is 1. The summed E-state index contributed by atoms with van der Waals surface area (Å²) in [6.45, 7) is 12.3. The molecule has 100 valence electrons. The molecule has 0 bridgehead atoms. The van der Waals surface area contributed by atoms with E-state index in [1.807, 2.05) is 13.0 Å². The van der Waals surface area contributed by atoms with Gasteiger partial charge in [0.05, 0.1) is 6.54 Å². The topological polar surface area (TPSA) is 28.4 Å². The molecule has 0 saturated carbocycles. The van der Waals surface area contributed by atoms with Crippen LogP contribution in [0.4, 0.5) is 0 Å². The number of hydrogen-bond donors (Lipinski definition) is 1. The molecule has 1 fully saturated rings. The van der Waals surface area contributed by atoms with Crippen molar-refractivity contribution in [1.29, 1.82) is 0 Å². The number of nitrogens with one attached hydrogen (secondary N) is 1. The van der Waals surface area contributed by atoms with Gasteiger partial charge in [-0.15, -0.1) is 0 Å². The van der Waals surface area contributed by atoms with Gasteiger partial charge in [-0.1, -0.05) is 12.2 Å². The van der Waals surface area contributed by atoms with Crippen LogP contribution in [-0.2, 0) is 6.54 Å². The first-order valence-corrected chi connectivity index (χ1v) is 6.79. The Hall–Kier alpha value is -1.06. The van der Waals surface area contributed by atoms with E-state index in [-0.39, 0.29) is 0 Å². The standard InChI is InChI=1S/C15H24N2O/c1-12(2)11-17-8-6-14(7-9-17)16-10-15-5-4-13(3)18-15/h4-5,14,16H,1,6-11H2,2-3H3. The summed E-state index contributed by atoms with van der Waals surface area (Å²) in [5.41, 5.74) is 1.26. The van der Waals surface area contributed by atoms with Crippen LogP contribution < -0.4 is 5.32 Å². The van der Waals surface area contributed by atoms with E-state index in [9.17, 15) is 0 Å². The lowest BCUT2D eigenvalue weighted by atomic mass is 10.0. The number of furan rings is 1. The maximum Gasteiger partial charge on any atom is 0.117 e. The third-order valence-corrected chi connectivity index (χ3v) is 3.44. The molecule has 0 spiro atoms. The van der Waals surface area contributed by atoms with E-state index in [4.69, 9.17) is 4.42 Å². The average Bonchev–Trinajstić information content (AvgIpc) is 2.74. The van der Waals surface area contributed by atoms with Crippen LogP contribution >= 0.6 is 0 Å². The third-order valence-electron chi connectivity index (χ3n) is 3.44. The molecule has 3 heteroatoms. The minimum atomic E-state index is 0.622. The van der Waals surface area contributed by atoms with Crippen LogP contribution in [0.3, 0.4) is 0 Å². The van der Waals surface area contributed by atoms with Gasteiger partial charge in [-0.05, 0) is 51.9 Å². The molecular weight excluding hydrogens is 224 g/mol. The molecule has 1 aromatic heterocycles. The number of hydrogen-bond acceptors (Lipinski definition) is 3. The summed E-state index contributed by atoms with van der Waals surface area (Å²) < 4.78 is 5.56. The van der Waals surface area contributed by atoms with E-state index in [0.717, 1.165) is 24.6 Å². The summed E-state index contributed by atoms with van der Waals surface area (Å²) in [5, 5.41) is 3.58. The van der Waals surface area contributed by atoms with Crippen LogP contribution in [-0.4, -0.2) is 30.6 Å². The second-order valence-electron chi connectivity index (χ2n) is 5.40. The van der Waals surface area contributed by atoms with Gasteiger partial charge in [-0.25, -0.2) is 0 Å². The Kier molecular flexibility index (Phi) is 4.61. The van der Waals surface area contributed by atoms with Gasteiger partial charge in [0.25, 0.3) is 0 Å². The van der Waals surface area contributed by atoms with Gasteiger partial charge in [-0.2, -0.15) is 0 Å². The Morgan fingerprint density at radius 1 is 1.44 bits per heavy atom. The maximum absolute atomic E-state index is 5.56. The quantitative estimate of drug-likeness (QED) is 0.812. The van der Waals surface area contributed by atoms with Crippen molar-refractivity contribution in [2.45, 2.75) is 39.3 Å². The highest BCUT2D eigenvalue weighted by Gasteiger charge is 2.18. The molecule has 0 aromatic carbocycles. The van der Waals surface area contributed by atoms with Gasteiger partial charge in [0, 0.05) is 12.6 Å². The zero-order valence-corrected chi connectivity index (χ0v) is 11.5. The summed E-state index contributed by atoms with van der Waals surface area (Å²) in [6, 6.07) is 4.70. The molecular formula is C15H24N2O. The molecule has 2 heterocycles. The lowest BCUT2D eigenvalue weighted by Gasteiger charge is -2.32. The number of likely N-dealkylation sites (tertiary alicyclic amines) is 1. The lowest BCUT2D eigenvalue weighted by molar-refractivity contribution is 0.209. The highest BCUT2D eigenvalue weighted by molar-refractivity contribution is 5.05. The minimum Gasteiger partial charge on any atom is -0.465 e. The smallest absolute Gasteiger partial charge is 0.117 e. The predicted molar refractivity (Wildman–Crippen MR) is 74.6 cm³/mol. The molecule has 0 unspecified atom stereocenters. The molecule has 18 heavy (non-hydrogen) atoms. The number of aryl methyl sites for hydroxylation is 1. The van der Waals surface area contributed by atoms with E-state index in [2.05, 4.69) is 29.8 Å². The Labute approximate surface area is 110 Å². The Balaban J connectivity index is 1.69. The van der Waals surface area contributed by atoms with Crippen molar-refractivity contribution < 1.29 is 4.42 Å². The van der Waals surface area contributed by atoms with Crippen molar-refractivity contribution in [3.63, 3.8) is 0 Å². The van der Waals surface area contributed by atoms with E-state index in [0.29, 0.717) is 6.04 Å². The highest BCUT2D eigenvalue weighted by Crippen LogP contribution is 2.13. The molecule has 1 saturated heterocycles. The van der Waals surface area contributed by atoms with E-state index in [1.165, 1.54) is 31.5 Å². The molecule has 0 radical (unpaired) electrons. The van der Waals surface area contributed by atoms with Crippen LogP contribution in [0.1, 0.15) is 31.3 Å². The average molecular weight is 248 g/mol. The Bertz CT molecular complexity index is 389. The molecule has 1 aromatic rings. The highest BCUT2D eigenvalue weighted by atomic mass is 16.3. The van der Waals surface area contributed by atoms with Crippen LogP contribution in [0.5, 0.6) is 0 Å². The summed E-state index contributed by atoms with van der Waals surface area (Å²) in [5.74, 6) is 2.03. The first-order chi connectivity index (χ1) is 8.63. The van der Waals surface area contributed by atoms with Crippen LogP contribution in [0.25, 0.3) is 0 Å². The monoisotopic (exact) mass is 248 g/mol. The van der Waals surface area contributed by atoms with Crippen LogP contribution in [0.15, 0.2) is 28.7 Å². The molecule has 3 nitrogen and oxygen atoms in total. The van der Waals surface area contributed by atoms with Gasteiger partial charge in [0.1, 0.15) is 11.5 Å². The number of piperidine rings is 1. The molecule has 2 rings (SSSR count). The van der Waals surface area contributed by atoms with Gasteiger partial charge >= 0.3 is 0 Å². The molecule has 0 aliphatic carbocycles. The Morgan fingerprint density at radius 3 is 2.72 bits per heavy atom. The van der Waals surface area contributed by atoms with Gasteiger partial charge in [0.15, 0.2) is 0 Å². The second-order valence-corrected chi connectivity index (χ2v) is 5.40. The van der Waals surface area contributed by atoms with E-state index < -0.39 is 0 Å². The fourth-order valence-electron chi connectivity index (χ4n) is 2.50. The second kappa shape index (κ2) is 6.21. The summed E-state index contributed by atoms with van der Waals surface area (Å²) in [7, 11) is 0. The fourth-order valence-corrected chi connectivity index (χ4v) is 2.50. The van der Waals surface area contributed by atoms with Crippen LogP contribution in [0, 0.1) is 6.92 Å². The zero-order valence-electron chi connectivity index (χ0n) is 11.5. The minimum absolute atomic E-state index is 0.622. The zero-order chi connectivity index (χ0) is 13.0. The van der Waals surface area contributed by atoms with Crippen molar-refractivity contribution in [2.24, 2.45) is 0 Å². The third kappa shape index (κ3) is 4.00. The summed E-state index contributed by atoms with van der Waals surface area (Å²) >= 11 is 0. The van der Waals surface area contributed by atoms with Crippen molar-refractivity contribution >= 4 is 0 Å². The van der Waals surface area contributed by atoms with Gasteiger partial charge in [0.2, 0.25) is 0 Å². The largest absolute Gasteiger partial charge is 0.465 e. The molecule has 0 amide bonds. The van der Waals surface area contributed by atoms with Crippen molar-refractivity contribution in [3.8, 4) is 0 Å². The summed E-state index contributed by atoms with van der Waals surface area (Å²) in [6.07, 6.45) is 2.43. The number of rotatable bonds is 5. The molecule has 1 N–H and O–H groups in total. The van der Waals surface area contributed by atoms with Crippen molar-refractivity contribution in [3.05, 3.63) is 35.8 Å². The molecule has 1 aliphatic rings. The molecule has 1 aliphatic heterocycles. The van der Waals surface area contributed by atoms with Crippen LogP contribution in [0.2, 0.25) is 0 Å². The van der Waals surface area contributed by atoms with E-state index in [1.54, 1.807) is 0 Å². The lowest BCUT2D eigenvalue weighted by Crippen LogP contribution is -2.42. The molecule has 0 atom stereocenters. The summed E-state index contributed by atoms with van der Waals surface area (Å²) in [4.78, 5) is 2.48.